The lowest BCUT2D eigenvalue weighted by atomic mass is 10.0. The fourth-order valence-electron chi connectivity index (χ4n) is 2.33. The van der Waals surface area contributed by atoms with Crippen molar-refractivity contribution in [2.75, 3.05) is 18.1 Å². The number of thioether (sulfide) groups is 1. The highest BCUT2D eigenvalue weighted by molar-refractivity contribution is 7.99. The van der Waals surface area contributed by atoms with Crippen LogP contribution in [0.5, 0.6) is 0 Å². The number of tetrazole rings is 1. The summed E-state index contributed by atoms with van der Waals surface area (Å²) in [5, 5.41) is 15.7. The molecule has 19 heavy (non-hydrogen) atoms. The second kappa shape index (κ2) is 7.24. The first-order chi connectivity index (χ1) is 9.16. The number of hydrogen-bond acceptors (Lipinski definition) is 5. The van der Waals surface area contributed by atoms with Gasteiger partial charge in [-0.05, 0) is 60.1 Å². The summed E-state index contributed by atoms with van der Waals surface area (Å²) in [5.74, 6) is 4.91. The molecule has 2 rings (SSSR count). The largest absolute Gasteiger partial charge is 0.307 e. The van der Waals surface area contributed by atoms with Gasteiger partial charge in [-0.15, -0.1) is 5.10 Å². The van der Waals surface area contributed by atoms with Gasteiger partial charge < -0.3 is 5.32 Å². The Morgan fingerprint density at radius 2 is 2.05 bits per heavy atom. The molecule has 5 nitrogen and oxygen atoms in total. The maximum absolute atomic E-state index is 4.19. The number of nitrogens with one attached hydrogen (secondary N) is 1. The van der Waals surface area contributed by atoms with Crippen LogP contribution in [0.3, 0.4) is 0 Å². The van der Waals surface area contributed by atoms with Gasteiger partial charge in [0.05, 0.1) is 6.04 Å². The summed E-state index contributed by atoms with van der Waals surface area (Å²) < 4.78 is 2.00. The standard InChI is InChI=1S/C13H25N5S/c1-10(2)8-14-11(3)13-15-16-17-18(13)9-12-4-6-19-7-5-12/h10-12,14H,4-9H2,1-3H3. The van der Waals surface area contributed by atoms with E-state index in [1.54, 1.807) is 0 Å². The SMILES string of the molecule is CC(C)CNC(C)c1nnnn1CC1CCSCC1. The number of rotatable bonds is 6. The van der Waals surface area contributed by atoms with Gasteiger partial charge >= 0.3 is 0 Å². The van der Waals surface area contributed by atoms with Crippen LogP contribution in [0.15, 0.2) is 0 Å². The van der Waals surface area contributed by atoms with Gasteiger partial charge in [0.2, 0.25) is 0 Å². The van der Waals surface area contributed by atoms with Gasteiger partial charge in [0.15, 0.2) is 5.82 Å². The van der Waals surface area contributed by atoms with E-state index in [0.29, 0.717) is 5.92 Å². The van der Waals surface area contributed by atoms with Gasteiger partial charge in [-0.3, -0.25) is 0 Å². The van der Waals surface area contributed by atoms with Crippen LogP contribution in [0.1, 0.15) is 45.5 Å². The zero-order chi connectivity index (χ0) is 13.7. The number of aromatic nitrogens is 4. The van der Waals surface area contributed by atoms with Crippen molar-refractivity contribution >= 4 is 11.8 Å². The van der Waals surface area contributed by atoms with Gasteiger partial charge in [-0.2, -0.15) is 11.8 Å². The van der Waals surface area contributed by atoms with Gasteiger partial charge in [-0.25, -0.2) is 4.68 Å². The molecule has 1 aromatic rings. The molecule has 0 aromatic carbocycles. The Morgan fingerprint density at radius 1 is 1.32 bits per heavy atom. The molecule has 0 aliphatic carbocycles. The molecule has 108 valence electrons. The van der Waals surface area contributed by atoms with Gasteiger partial charge in [0.1, 0.15) is 0 Å². The maximum atomic E-state index is 4.19. The van der Waals surface area contributed by atoms with Crippen LogP contribution in [0.25, 0.3) is 0 Å². The highest BCUT2D eigenvalue weighted by Crippen LogP contribution is 2.24. The van der Waals surface area contributed by atoms with Crippen molar-refractivity contribution in [3.63, 3.8) is 0 Å². The van der Waals surface area contributed by atoms with E-state index in [1.807, 2.05) is 4.68 Å². The summed E-state index contributed by atoms with van der Waals surface area (Å²) in [4.78, 5) is 0. The Kier molecular flexibility index (Phi) is 5.63. The summed E-state index contributed by atoms with van der Waals surface area (Å²) in [5.41, 5.74) is 0. The highest BCUT2D eigenvalue weighted by Gasteiger charge is 2.19. The highest BCUT2D eigenvalue weighted by atomic mass is 32.2. The Labute approximate surface area is 119 Å². The monoisotopic (exact) mass is 283 g/mol. The third-order valence-electron chi connectivity index (χ3n) is 3.55. The van der Waals surface area contributed by atoms with Gasteiger partial charge in [0, 0.05) is 6.54 Å². The average molecular weight is 283 g/mol. The lowest BCUT2D eigenvalue weighted by molar-refractivity contribution is 0.367. The van der Waals surface area contributed by atoms with Crippen molar-refractivity contribution in [1.82, 2.24) is 25.5 Å². The molecule has 0 spiro atoms. The molecule has 1 aliphatic rings. The van der Waals surface area contributed by atoms with Gasteiger partial charge in [0.25, 0.3) is 0 Å². The first kappa shape index (κ1) is 14.8. The summed E-state index contributed by atoms with van der Waals surface area (Å²) in [6.07, 6.45) is 2.58. The minimum atomic E-state index is 0.218. The van der Waals surface area contributed by atoms with Crippen molar-refractivity contribution in [1.29, 1.82) is 0 Å². The second-order valence-electron chi connectivity index (χ2n) is 5.80. The minimum Gasteiger partial charge on any atom is -0.307 e. The Morgan fingerprint density at radius 3 is 2.74 bits per heavy atom. The van der Waals surface area contributed by atoms with Crippen molar-refractivity contribution in [2.45, 2.75) is 46.2 Å². The molecule has 0 bridgehead atoms. The van der Waals surface area contributed by atoms with E-state index in [0.717, 1.165) is 24.8 Å². The third kappa shape index (κ3) is 4.45. The Hall–Kier alpha value is -0.620. The van der Waals surface area contributed by atoms with Crippen LogP contribution < -0.4 is 5.32 Å². The molecule has 1 aromatic heterocycles. The summed E-state index contributed by atoms with van der Waals surface area (Å²) in [6, 6.07) is 0.218. The van der Waals surface area contributed by atoms with Crippen molar-refractivity contribution < 1.29 is 0 Å². The average Bonchev–Trinajstić information content (AvgIpc) is 2.85. The lowest BCUT2D eigenvalue weighted by Gasteiger charge is -2.22. The van der Waals surface area contributed by atoms with Crippen LogP contribution in [0.2, 0.25) is 0 Å². The predicted octanol–water partition coefficient (Wildman–Crippen LogP) is 2.12. The summed E-state index contributed by atoms with van der Waals surface area (Å²) in [6.45, 7) is 8.52. The lowest BCUT2D eigenvalue weighted by Crippen LogP contribution is -2.27. The van der Waals surface area contributed by atoms with Gasteiger partial charge in [-0.1, -0.05) is 13.8 Å². The maximum Gasteiger partial charge on any atom is 0.167 e. The van der Waals surface area contributed by atoms with E-state index in [1.165, 1.54) is 24.3 Å². The van der Waals surface area contributed by atoms with Crippen LogP contribution >= 0.6 is 11.8 Å². The van der Waals surface area contributed by atoms with E-state index in [2.05, 4.69) is 53.4 Å². The molecule has 6 heteroatoms. The number of nitrogens with zero attached hydrogens (tertiary/aromatic N) is 4. The van der Waals surface area contributed by atoms with E-state index in [4.69, 9.17) is 0 Å². The molecule has 1 aliphatic heterocycles. The molecule has 0 saturated carbocycles. The predicted molar refractivity (Wildman–Crippen MR) is 79.1 cm³/mol. The van der Waals surface area contributed by atoms with Crippen LogP contribution in [-0.2, 0) is 6.54 Å². The van der Waals surface area contributed by atoms with Crippen LogP contribution in [0, 0.1) is 11.8 Å². The topological polar surface area (TPSA) is 55.6 Å². The minimum absolute atomic E-state index is 0.218. The van der Waals surface area contributed by atoms with Crippen LogP contribution in [0.4, 0.5) is 0 Å². The smallest absolute Gasteiger partial charge is 0.167 e. The first-order valence-corrected chi connectivity index (χ1v) is 8.39. The quantitative estimate of drug-likeness (QED) is 0.866. The molecule has 2 heterocycles. The zero-order valence-corrected chi connectivity index (χ0v) is 13.0. The van der Waals surface area contributed by atoms with E-state index in [9.17, 15) is 0 Å². The summed E-state index contributed by atoms with van der Waals surface area (Å²) >= 11 is 2.06. The summed E-state index contributed by atoms with van der Waals surface area (Å²) in [7, 11) is 0. The molecule has 1 atom stereocenters. The second-order valence-corrected chi connectivity index (χ2v) is 7.02. The zero-order valence-electron chi connectivity index (χ0n) is 12.2. The first-order valence-electron chi connectivity index (χ1n) is 7.24. The Bertz CT molecular complexity index is 373. The molecule has 1 fully saturated rings. The van der Waals surface area contributed by atoms with Crippen LogP contribution in [-0.4, -0.2) is 38.3 Å². The Balaban J connectivity index is 1.92. The fraction of sp³-hybridized carbons (Fsp3) is 0.923. The molecule has 1 unspecified atom stereocenters. The molecule has 1 N–H and O–H groups in total. The van der Waals surface area contributed by atoms with Crippen molar-refractivity contribution in [2.24, 2.45) is 11.8 Å². The molecule has 0 radical (unpaired) electrons. The fourth-order valence-corrected chi connectivity index (χ4v) is 3.53. The molecular weight excluding hydrogens is 258 g/mol. The molecule has 0 amide bonds. The molecule has 1 saturated heterocycles. The number of hydrogen-bond donors (Lipinski definition) is 1. The molecular formula is C13H25N5S. The van der Waals surface area contributed by atoms with Crippen molar-refractivity contribution in [3.05, 3.63) is 5.82 Å². The van der Waals surface area contributed by atoms with Crippen molar-refractivity contribution in [3.8, 4) is 0 Å². The van der Waals surface area contributed by atoms with E-state index >= 15 is 0 Å². The normalized spacial score (nSPS) is 18.9. The van der Waals surface area contributed by atoms with E-state index < -0.39 is 0 Å². The third-order valence-corrected chi connectivity index (χ3v) is 4.60. The van der Waals surface area contributed by atoms with E-state index in [-0.39, 0.29) is 6.04 Å².